The summed E-state index contributed by atoms with van der Waals surface area (Å²) in [7, 11) is 1.71. The van der Waals surface area contributed by atoms with Crippen LogP contribution in [0, 0.1) is 0 Å². The number of amides is 1. The number of nitrogens with two attached hydrogens (primary N) is 1. The molecule has 0 fully saturated rings. The zero-order chi connectivity index (χ0) is 19.0. The number of ether oxygens (including phenoxy) is 1. The van der Waals surface area contributed by atoms with Gasteiger partial charge in [0.25, 0.3) is 0 Å². The first-order valence-corrected chi connectivity index (χ1v) is 9.69. The largest absolute Gasteiger partial charge is 0.496 e. The van der Waals surface area contributed by atoms with Gasteiger partial charge in [-0.2, -0.15) is 0 Å². The molecule has 0 spiro atoms. The van der Waals surface area contributed by atoms with Crippen LogP contribution < -0.4 is 10.5 Å². The van der Waals surface area contributed by atoms with Crippen molar-refractivity contribution in [2.45, 2.75) is 45.1 Å². The predicted octanol–water partition coefficient (Wildman–Crippen LogP) is 4.17. The molecule has 0 radical (unpaired) electrons. The number of hydrogen-bond acceptors (Lipinski definition) is 2. The maximum atomic E-state index is 12.2. The summed E-state index contributed by atoms with van der Waals surface area (Å²) < 4.78 is 8.02. The Bertz CT molecular complexity index is 989. The van der Waals surface area contributed by atoms with Crippen molar-refractivity contribution in [3.63, 3.8) is 0 Å². The van der Waals surface area contributed by atoms with Crippen molar-refractivity contribution in [3.8, 4) is 5.75 Å². The molecule has 1 aromatic heterocycles. The number of benzene rings is 2. The van der Waals surface area contributed by atoms with E-state index in [2.05, 4.69) is 47.9 Å². The van der Waals surface area contributed by atoms with Crippen molar-refractivity contribution >= 4 is 16.8 Å². The van der Waals surface area contributed by atoms with Gasteiger partial charge < -0.3 is 15.0 Å². The van der Waals surface area contributed by atoms with E-state index in [1.807, 2.05) is 6.07 Å². The molecule has 0 saturated heterocycles. The third-order valence-corrected chi connectivity index (χ3v) is 5.78. The molecule has 4 heteroatoms. The van der Waals surface area contributed by atoms with Crippen LogP contribution in [0.1, 0.15) is 48.1 Å². The van der Waals surface area contributed by atoms with E-state index in [-0.39, 0.29) is 11.8 Å². The minimum absolute atomic E-state index is 0.217. The van der Waals surface area contributed by atoms with E-state index in [1.54, 1.807) is 7.11 Å². The highest BCUT2D eigenvalue weighted by Crippen LogP contribution is 2.41. The topological polar surface area (TPSA) is 57.2 Å². The summed E-state index contributed by atoms with van der Waals surface area (Å²) in [5.74, 6) is 0.442. The first-order valence-electron chi connectivity index (χ1n) is 9.69. The van der Waals surface area contributed by atoms with Crippen molar-refractivity contribution < 1.29 is 9.53 Å². The first-order chi connectivity index (χ1) is 13.1. The van der Waals surface area contributed by atoms with Crippen LogP contribution in [0.3, 0.4) is 0 Å². The number of methoxy groups -OCH3 is 1. The van der Waals surface area contributed by atoms with Gasteiger partial charge in [0.05, 0.1) is 13.0 Å². The average Bonchev–Trinajstić information content (AvgIpc) is 3.00. The van der Waals surface area contributed by atoms with Crippen LogP contribution in [0.4, 0.5) is 0 Å². The summed E-state index contributed by atoms with van der Waals surface area (Å²) in [5, 5.41) is 1.11. The van der Waals surface area contributed by atoms with E-state index < -0.39 is 0 Å². The highest BCUT2D eigenvalue weighted by molar-refractivity contribution is 5.94. The Hall–Kier alpha value is -2.75. The van der Waals surface area contributed by atoms with Gasteiger partial charge in [0.15, 0.2) is 0 Å². The molecule has 0 saturated carbocycles. The molecule has 27 heavy (non-hydrogen) atoms. The zero-order valence-corrected chi connectivity index (χ0v) is 16.0. The fraction of sp³-hybridized carbons (Fsp3) is 0.348. The Balaban J connectivity index is 1.99. The van der Waals surface area contributed by atoms with Crippen molar-refractivity contribution in [1.29, 1.82) is 0 Å². The summed E-state index contributed by atoms with van der Waals surface area (Å²) in [4.78, 5) is 12.2. The van der Waals surface area contributed by atoms with Gasteiger partial charge in [-0.15, -0.1) is 0 Å². The van der Waals surface area contributed by atoms with Gasteiger partial charge in [-0.05, 0) is 54.5 Å². The molecule has 1 heterocycles. The maximum absolute atomic E-state index is 12.2. The van der Waals surface area contributed by atoms with E-state index in [4.69, 9.17) is 10.5 Å². The third-order valence-electron chi connectivity index (χ3n) is 5.78. The second-order valence-corrected chi connectivity index (χ2v) is 7.31. The van der Waals surface area contributed by atoms with Crippen molar-refractivity contribution in [1.82, 2.24) is 4.57 Å². The van der Waals surface area contributed by atoms with Crippen LogP contribution in [0.25, 0.3) is 10.9 Å². The Labute approximate surface area is 159 Å². The monoisotopic (exact) mass is 362 g/mol. The lowest BCUT2D eigenvalue weighted by atomic mass is 9.84. The second-order valence-electron chi connectivity index (χ2n) is 7.31. The van der Waals surface area contributed by atoms with Gasteiger partial charge in [-0.25, -0.2) is 0 Å². The van der Waals surface area contributed by atoms with Crippen LogP contribution >= 0.6 is 0 Å². The molecule has 2 aromatic carbocycles. The number of fused-ring (bicyclic) bond motifs is 3. The van der Waals surface area contributed by atoms with Crippen molar-refractivity contribution in [2.75, 3.05) is 7.11 Å². The number of primary amides is 1. The Morgan fingerprint density at radius 1 is 1.26 bits per heavy atom. The van der Waals surface area contributed by atoms with E-state index in [9.17, 15) is 4.79 Å². The lowest BCUT2D eigenvalue weighted by Gasteiger charge is -2.22. The lowest BCUT2D eigenvalue weighted by Crippen LogP contribution is -2.25. The fourth-order valence-corrected chi connectivity index (χ4v) is 4.47. The van der Waals surface area contributed by atoms with Gasteiger partial charge in [-0.3, -0.25) is 4.79 Å². The summed E-state index contributed by atoms with van der Waals surface area (Å²) in [5.41, 5.74) is 11.8. The Morgan fingerprint density at radius 2 is 2.04 bits per heavy atom. The van der Waals surface area contributed by atoms with Crippen LogP contribution in [-0.4, -0.2) is 17.6 Å². The molecule has 3 aromatic rings. The van der Waals surface area contributed by atoms with Crippen LogP contribution in [0.15, 0.2) is 42.5 Å². The molecule has 0 bridgehead atoms. The third kappa shape index (κ3) is 2.99. The predicted molar refractivity (Wildman–Crippen MR) is 108 cm³/mol. The normalized spacial score (nSPS) is 16.3. The van der Waals surface area contributed by atoms with Crippen LogP contribution in [-0.2, 0) is 24.2 Å². The minimum atomic E-state index is -0.228. The number of hydrogen-bond donors (Lipinski definition) is 1. The maximum Gasteiger partial charge on any atom is 0.225 e. The summed E-state index contributed by atoms with van der Waals surface area (Å²) in [6, 6.07) is 14.8. The molecule has 1 atom stereocenters. The van der Waals surface area contributed by atoms with E-state index in [0.717, 1.165) is 48.9 Å². The molecule has 0 unspecified atom stereocenters. The van der Waals surface area contributed by atoms with Crippen molar-refractivity contribution in [2.24, 2.45) is 5.73 Å². The van der Waals surface area contributed by atoms with Crippen molar-refractivity contribution in [3.05, 3.63) is 64.8 Å². The number of nitrogens with zero attached hydrogens (tertiary/aromatic N) is 1. The van der Waals surface area contributed by atoms with Gasteiger partial charge >= 0.3 is 0 Å². The standard InChI is InChI=1S/C23H26N2O2/c1-3-16-12-20-18(13-21(16)27-2)22-17(23(24)26)10-7-11-19(22)25(20)14-15-8-5-4-6-9-15/h4-6,8-9,12-13,17H,3,7,10-11,14H2,1-2H3,(H2,24,26)/t17-/m0/s1. The molecule has 1 aliphatic rings. The number of carbonyl (C=O) groups excluding carboxylic acids is 1. The smallest absolute Gasteiger partial charge is 0.225 e. The fourth-order valence-electron chi connectivity index (χ4n) is 4.47. The SMILES string of the molecule is CCc1cc2c(cc1OC)c1c(n2Cc2ccccc2)CCC[C@@H]1C(N)=O. The quantitative estimate of drug-likeness (QED) is 0.741. The minimum Gasteiger partial charge on any atom is -0.496 e. The van der Waals surface area contributed by atoms with Crippen LogP contribution in [0.2, 0.25) is 0 Å². The molecule has 140 valence electrons. The summed E-state index contributed by atoms with van der Waals surface area (Å²) in [6.07, 6.45) is 3.69. The van der Waals surface area contributed by atoms with Gasteiger partial charge in [0, 0.05) is 23.1 Å². The highest BCUT2D eigenvalue weighted by Gasteiger charge is 2.31. The Morgan fingerprint density at radius 3 is 2.70 bits per heavy atom. The Kier molecular flexibility index (Phi) is 4.65. The van der Waals surface area contributed by atoms with E-state index >= 15 is 0 Å². The van der Waals surface area contributed by atoms with E-state index in [0.29, 0.717) is 0 Å². The van der Waals surface area contributed by atoms with Crippen LogP contribution in [0.5, 0.6) is 5.75 Å². The molecule has 4 nitrogen and oxygen atoms in total. The van der Waals surface area contributed by atoms with Gasteiger partial charge in [0.2, 0.25) is 5.91 Å². The van der Waals surface area contributed by atoms with E-state index in [1.165, 1.54) is 22.3 Å². The second kappa shape index (κ2) is 7.10. The molecular formula is C23H26N2O2. The number of aryl methyl sites for hydroxylation is 1. The molecular weight excluding hydrogens is 336 g/mol. The van der Waals surface area contributed by atoms with Gasteiger partial charge in [-0.1, -0.05) is 37.3 Å². The summed E-state index contributed by atoms with van der Waals surface area (Å²) >= 11 is 0. The number of carbonyl (C=O) groups is 1. The molecule has 1 aliphatic carbocycles. The molecule has 4 rings (SSSR count). The molecule has 2 N–H and O–H groups in total. The zero-order valence-electron chi connectivity index (χ0n) is 16.0. The number of aromatic nitrogens is 1. The summed E-state index contributed by atoms with van der Waals surface area (Å²) in [6.45, 7) is 2.94. The lowest BCUT2D eigenvalue weighted by molar-refractivity contribution is -0.119. The van der Waals surface area contributed by atoms with Gasteiger partial charge in [0.1, 0.15) is 5.75 Å². The molecule has 0 aliphatic heterocycles. The highest BCUT2D eigenvalue weighted by atomic mass is 16.5. The average molecular weight is 362 g/mol. The first kappa shape index (κ1) is 17.7. The number of rotatable bonds is 5. The molecule has 1 amide bonds.